The van der Waals surface area contributed by atoms with Gasteiger partial charge in [-0.1, -0.05) is 57.9 Å². The molecule has 0 saturated carbocycles. The first kappa shape index (κ1) is 15.4. The van der Waals surface area contributed by atoms with Crippen molar-refractivity contribution in [2.45, 2.75) is 6.10 Å². The summed E-state index contributed by atoms with van der Waals surface area (Å²) in [5.74, 6) is 0.856. The van der Waals surface area contributed by atoms with E-state index in [0.29, 0.717) is 13.2 Å². The summed E-state index contributed by atoms with van der Waals surface area (Å²) in [5.41, 5.74) is 1.06. The largest absolute Gasteiger partial charge is 0.491 e. The van der Waals surface area contributed by atoms with Gasteiger partial charge in [0.15, 0.2) is 0 Å². The van der Waals surface area contributed by atoms with Crippen LogP contribution in [-0.2, 0) is 4.74 Å². The van der Waals surface area contributed by atoms with Crippen LogP contribution < -0.4 is 4.74 Å². The normalized spacial score (nSPS) is 12.1. The molecule has 0 amide bonds. The SMILES string of the molecule is Clc1cccc(C(CBr)OCCOc2ccccc2)c1. The average Bonchev–Trinajstić information content (AvgIpc) is 2.48. The van der Waals surface area contributed by atoms with Gasteiger partial charge in [0.1, 0.15) is 12.4 Å². The van der Waals surface area contributed by atoms with E-state index < -0.39 is 0 Å². The van der Waals surface area contributed by atoms with E-state index in [1.807, 2.05) is 54.6 Å². The fourth-order valence-electron chi connectivity index (χ4n) is 1.80. The molecule has 1 unspecified atom stereocenters. The van der Waals surface area contributed by atoms with Gasteiger partial charge in [0.2, 0.25) is 0 Å². The Morgan fingerprint density at radius 1 is 1.00 bits per heavy atom. The summed E-state index contributed by atoms with van der Waals surface area (Å²) in [7, 11) is 0. The maximum Gasteiger partial charge on any atom is 0.119 e. The maximum atomic E-state index is 5.99. The Labute approximate surface area is 132 Å². The highest BCUT2D eigenvalue weighted by atomic mass is 79.9. The van der Waals surface area contributed by atoms with Crippen molar-refractivity contribution in [3.05, 3.63) is 65.2 Å². The molecule has 0 saturated heterocycles. The van der Waals surface area contributed by atoms with Crippen LogP contribution in [0, 0.1) is 0 Å². The molecule has 0 aliphatic heterocycles. The van der Waals surface area contributed by atoms with Gasteiger partial charge in [-0.3, -0.25) is 0 Å². The zero-order chi connectivity index (χ0) is 14.2. The van der Waals surface area contributed by atoms with Gasteiger partial charge in [-0.15, -0.1) is 0 Å². The van der Waals surface area contributed by atoms with E-state index in [9.17, 15) is 0 Å². The van der Waals surface area contributed by atoms with Crippen molar-refractivity contribution in [3.63, 3.8) is 0 Å². The molecule has 0 spiro atoms. The Hall–Kier alpha value is -1.03. The molecule has 2 aromatic rings. The minimum absolute atomic E-state index is 0.0203. The Kier molecular flexibility index (Phi) is 6.37. The quantitative estimate of drug-likeness (QED) is 0.521. The van der Waals surface area contributed by atoms with E-state index in [1.165, 1.54) is 0 Å². The van der Waals surface area contributed by atoms with Crippen LogP contribution in [0.3, 0.4) is 0 Å². The summed E-state index contributed by atoms with van der Waals surface area (Å²) >= 11 is 9.46. The van der Waals surface area contributed by atoms with Crippen LogP contribution in [0.2, 0.25) is 5.02 Å². The van der Waals surface area contributed by atoms with Crippen molar-refractivity contribution >= 4 is 27.5 Å². The fourth-order valence-corrected chi connectivity index (χ4v) is 2.56. The Morgan fingerprint density at radius 2 is 1.80 bits per heavy atom. The van der Waals surface area contributed by atoms with E-state index >= 15 is 0 Å². The molecular formula is C16H16BrClO2. The topological polar surface area (TPSA) is 18.5 Å². The predicted octanol–water partition coefficient (Wildman–Crippen LogP) is 4.87. The van der Waals surface area contributed by atoms with Gasteiger partial charge in [0, 0.05) is 10.4 Å². The highest BCUT2D eigenvalue weighted by molar-refractivity contribution is 9.09. The third kappa shape index (κ3) is 4.82. The lowest BCUT2D eigenvalue weighted by Crippen LogP contribution is -2.12. The summed E-state index contributed by atoms with van der Waals surface area (Å²) in [6.07, 6.45) is -0.0203. The molecule has 0 aliphatic rings. The van der Waals surface area contributed by atoms with Crippen LogP contribution in [0.25, 0.3) is 0 Å². The Bertz CT molecular complexity index is 519. The van der Waals surface area contributed by atoms with Crippen LogP contribution in [0.5, 0.6) is 5.75 Å². The first-order valence-electron chi connectivity index (χ1n) is 6.40. The molecule has 0 fully saturated rings. The minimum atomic E-state index is -0.0203. The van der Waals surface area contributed by atoms with E-state index in [-0.39, 0.29) is 6.10 Å². The van der Waals surface area contributed by atoms with Crippen LogP contribution in [0.4, 0.5) is 0 Å². The van der Waals surface area contributed by atoms with Crippen molar-refractivity contribution in [3.8, 4) is 5.75 Å². The third-order valence-electron chi connectivity index (χ3n) is 2.77. The number of halogens is 2. The minimum Gasteiger partial charge on any atom is -0.491 e. The number of alkyl halides is 1. The third-order valence-corrected chi connectivity index (χ3v) is 3.60. The van der Waals surface area contributed by atoms with Gasteiger partial charge in [0.25, 0.3) is 0 Å². The zero-order valence-corrected chi connectivity index (χ0v) is 13.3. The number of benzene rings is 2. The molecule has 2 nitrogen and oxygen atoms in total. The lowest BCUT2D eigenvalue weighted by atomic mass is 10.1. The Balaban J connectivity index is 1.80. The molecule has 0 aliphatic carbocycles. The smallest absolute Gasteiger partial charge is 0.119 e. The maximum absolute atomic E-state index is 5.99. The van der Waals surface area contributed by atoms with Crippen molar-refractivity contribution in [2.75, 3.05) is 18.5 Å². The molecule has 106 valence electrons. The summed E-state index contributed by atoms with van der Waals surface area (Å²) < 4.78 is 11.4. The number of para-hydroxylation sites is 1. The van der Waals surface area contributed by atoms with Crippen LogP contribution in [-0.4, -0.2) is 18.5 Å². The molecule has 20 heavy (non-hydrogen) atoms. The van der Waals surface area contributed by atoms with Crippen molar-refractivity contribution in [1.29, 1.82) is 0 Å². The zero-order valence-electron chi connectivity index (χ0n) is 11.0. The molecule has 0 bridgehead atoms. The number of hydrogen-bond donors (Lipinski definition) is 0. The second-order valence-electron chi connectivity index (χ2n) is 4.23. The molecule has 1 atom stereocenters. The molecule has 4 heteroatoms. The average molecular weight is 356 g/mol. The predicted molar refractivity (Wildman–Crippen MR) is 85.9 cm³/mol. The van der Waals surface area contributed by atoms with Crippen LogP contribution in [0.15, 0.2) is 54.6 Å². The van der Waals surface area contributed by atoms with E-state index in [2.05, 4.69) is 15.9 Å². The van der Waals surface area contributed by atoms with Gasteiger partial charge in [0.05, 0.1) is 12.7 Å². The second kappa shape index (κ2) is 8.30. The van der Waals surface area contributed by atoms with E-state index in [4.69, 9.17) is 21.1 Å². The van der Waals surface area contributed by atoms with Crippen molar-refractivity contribution in [1.82, 2.24) is 0 Å². The van der Waals surface area contributed by atoms with Crippen molar-refractivity contribution in [2.24, 2.45) is 0 Å². The molecule has 0 heterocycles. The number of ether oxygens (including phenoxy) is 2. The van der Waals surface area contributed by atoms with Gasteiger partial charge < -0.3 is 9.47 Å². The lowest BCUT2D eigenvalue weighted by Gasteiger charge is -2.16. The molecule has 0 aromatic heterocycles. The highest BCUT2D eigenvalue weighted by Gasteiger charge is 2.10. The molecule has 2 rings (SSSR count). The van der Waals surface area contributed by atoms with Crippen molar-refractivity contribution < 1.29 is 9.47 Å². The summed E-state index contributed by atoms with van der Waals surface area (Å²) in [6, 6.07) is 17.4. The number of rotatable bonds is 7. The van der Waals surface area contributed by atoms with Gasteiger partial charge in [-0.2, -0.15) is 0 Å². The van der Waals surface area contributed by atoms with E-state index in [0.717, 1.165) is 21.7 Å². The summed E-state index contributed by atoms with van der Waals surface area (Å²) in [6.45, 7) is 1.05. The second-order valence-corrected chi connectivity index (χ2v) is 5.31. The van der Waals surface area contributed by atoms with Gasteiger partial charge in [-0.25, -0.2) is 0 Å². The lowest BCUT2D eigenvalue weighted by molar-refractivity contribution is 0.0474. The molecule has 0 N–H and O–H groups in total. The fraction of sp³-hybridized carbons (Fsp3) is 0.250. The molecule has 2 aromatic carbocycles. The van der Waals surface area contributed by atoms with Gasteiger partial charge >= 0.3 is 0 Å². The van der Waals surface area contributed by atoms with Gasteiger partial charge in [-0.05, 0) is 29.8 Å². The van der Waals surface area contributed by atoms with Crippen LogP contribution in [0.1, 0.15) is 11.7 Å². The van der Waals surface area contributed by atoms with E-state index in [1.54, 1.807) is 0 Å². The number of hydrogen-bond acceptors (Lipinski definition) is 2. The monoisotopic (exact) mass is 354 g/mol. The molecule has 0 radical (unpaired) electrons. The first-order chi connectivity index (χ1) is 9.79. The summed E-state index contributed by atoms with van der Waals surface area (Å²) in [4.78, 5) is 0. The first-order valence-corrected chi connectivity index (χ1v) is 7.90. The van der Waals surface area contributed by atoms with Crippen LogP contribution >= 0.6 is 27.5 Å². The standard InChI is InChI=1S/C16H16BrClO2/c17-12-16(13-5-4-6-14(18)11-13)20-10-9-19-15-7-2-1-3-8-15/h1-8,11,16H,9-10,12H2. The summed E-state index contributed by atoms with van der Waals surface area (Å²) in [5, 5.41) is 1.44. The Morgan fingerprint density at radius 3 is 2.50 bits per heavy atom. The molecular weight excluding hydrogens is 340 g/mol. The highest BCUT2D eigenvalue weighted by Crippen LogP contribution is 2.22.